The Hall–Kier alpha value is -1.02. The Labute approximate surface area is 117 Å². The maximum absolute atomic E-state index is 5.91. The van der Waals surface area contributed by atoms with Crippen LogP contribution in [0.1, 0.15) is 45.6 Å². The molecule has 0 unspecified atom stereocenters. The summed E-state index contributed by atoms with van der Waals surface area (Å²) in [6.45, 7) is 9.91. The van der Waals surface area contributed by atoms with E-state index < -0.39 is 0 Å². The van der Waals surface area contributed by atoms with E-state index in [0.29, 0.717) is 5.92 Å². The van der Waals surface area contributed by atoms with Gasteiger partial charge in [-0.25, -0.2) is 0 Å². The summed E-state index contributed by atoms with van der Waals surface area (Å²) in [7, 11) is 0. The molecule has 1 saturated heterocycles. The molecule has 1 aromatic rings. The van der Waals surface area contributed by atoms with Gasteiger partial charge in [-0.05, 0) is 48.9 Å². The molecule has 2 rings (SSSR count). The van der Waals surface area contributed by atoms with Crippen LogP contribution >= 0.6 is 0 Å². The van der Waals surface area contributed by atoms with E-state index in [2.05, 4.69) is 50.4 Å². The summed E-state index contributed by atoms with van der Waals surface area (Å²) in [5, 5.41) is 3.43. The predicted octanol–water partition coefficient (Wildman–Crippen LogP) is 3.75. The topological polar surface area (TPSA) is 21.3 Å². The molecule has 1 atom stereocenters. The molecule has 0 aliphatic carbocycles. The Morgan fingerprint density at radius 2 is 2.00 bits per heavy atom. The monoisotopic (exact) mass is 261 g/mol. The molecule has 2 nitrogen and oxygen atoms in total. The normalized spacial score (nSPS) is 20.3. The van der Waals surface area contributed by atoms with E-state index in [1.54, 1.807) is 0 Å². The smallest absolute Gasteiger partial charge is 0.119 e. The summed E-state index contributed by atoms with van der Waals surface area (Å²) < 4.78 is 5.91. The van der Waals surface area contributed by atoms with E-state index in [4.69, 9.17) is 4.74 Å². The van der Waals surface area contributed by atoms with Crippen LogP contribution in [-0.4, -0.2) is 19.7 Å². The second-order valence-corrected chi connectivity index (χ2v) is 6.29. The van der Waals surface area contributed by atoms with Crippen LogP contribution in [0, 0.1) is 5.92 Å². The molecular formula is C17H27NO. The number of nitrogens with one attached hydrogen (secondary N) is 1. The second-order valence-electron chi connectivity index (χ2n) is 6.29. The minimum absolute atomic E-state index is 0.256. The molecule has 0 radical (unpaired) electrons. The van der Waals surface area contributed by atoms with Gasteiger partial charge in [-0.3, -0.25) is 0 Å². The van der Waals surface area contributed by atoms with E-state index in [0.717, 1.165) is 31.9 Å². The molecule has 0 aromatic heterocycles. The van der Waals surface area contributed by atoms with E-state index in [-0.39, 0.29) is 5.41 Å². The third-order valence-electron chi connectivity index (χ3n) is 4.40. The first kappa shape index (κ1) is 14.4. The van der Waals surface area contributed by atoms with Crippen molar-refractivity contribution in [3.05, 3.63) is 29.8 Å². The average molecular weight is 261 g/mol. The van der Waals surface area contributed by atoms with Crippen LogP contribution in [0.25, 0.3) is 0 Å². The van der Waals surface area contributed by atoms with E-state index in [1.807, 2.05) is 0 Å². The predicted molar refractivity (Wildman–Crippen MR) is 80.8 cm³/mol. The molecule has 106 valence electrons. The van der Waals surface area contributed by atoms with Crippen LogP contribution in [0.4, 0.5) is 0 Å². The van der Waals surface area contributed by atoms with Crippen LogP contribution < -0.4 is 10.1 Å². The average Bonchev–Trinajstić information content (AvgIpc) is 2.47. The highest BCUT2D eigenvalue weighted by Crippen LogP contribution is 2.28. The molecular weight excluding hydrogens is 234 g/mol. The van der Waals surface area contributed by atoms with Crippen LogP contribution in [0.2, 0.25) is 0 Å². The summed E-state index contributed by atoms with van der Waals surface area (Å²) in [6.07, 6.45) is 3.71. The highest BCUT2D eigenvalue weighted by Gasteiger charge is 2.18. The highest BCUT2D eigenvalue weighted by molar-refractivity contribution is 5.31. The Kier molecular flexibility index (Phi) is 4.87. The fourth-order valence-corrected chi connectivity index (χ4v) is 2.49. The van der Waals surface area contributed by atoms with Gasteiger partial charge in [-0.2, -0.15) is 0 Å². The van der Waals surface area contributed by atoms with Crippen molar-refractivity contribution in [1.82, 2.24) is 5.32 Å². The van der Waals surface area contributed by atoms with Gasteiger partial charge >= 0.3 is 0 Å². The van der Waals surface area contributed by atoms with Gasteiger partial charge in [0.25, 0.3) is 0 Å². The van der Waals surface area contributed by atoms with E-state index >= 15 is 0 Å². The van der Waals surface area contributed by atoms with Crippen molar-refractivity contribution in [3.63, 3.8) is 0 Å². The molecule has 1 fully saturated rings. The molecule has 1 aromatic carbocycles. The van der Waals surface area contributed by atoms with Crippen molar-refractivity contribution in [1.29, 1.82) is 0 Å². The molecule has 2 heteroatoms. The fraction of sp³-hybridized carbons (Fsp3) is 0.647. The van der Waals surface area contributed by atoms with E-state index in [9.17, 15) is 0 Å². The standard InChI is InChI=1S/C17H27NO/c1-4-17(2,3)15-7-9-16(10-8-15)19-13-14-6-5-11-18-12-14/h7-10,14,18H,4-6,11-13H2,1-3H3/t14-/m1/s1. The molecule has 0 bridgehead atoms. The molecule has 1 aliphatic rings. The number of piperidine rings is 1. The van der Waals surface area contributed by atoms with Gasteiger partial charge in [0.2, 0.25) is 0 Å². The Balaban J connectivity index is 1.88. The van der Waals surface area contributed by atoms with Crippen molar-refractivity contribution in [2.75, 3.05) is 19.7 Å². The van der Waals surface area contributed by atoms with Gasteiger partial charge < -0.3 is 10.1 Å². The van der Waals surface area contributed by atoms with Gasteiger partial charge in [-0.15, -0.1) is 0 Å². The summed E-state index contributed by atoms with van der Waals surface area (Å²) >= 11 is 0. The minimum Gasteiger partial charge on any atom is -0.493 e. The summed E-state index contributed by atoms with van der Waals surface area (Å²) in [5.74, 6) is 1.67. The van der Waals surface area contributed by atoms with E-state index in [1.165, 1.54) is 18.4 Å². The lowest BCUT2D eigenvalue weighted by atomic mass is 9.82. The third-order valence-corrected chi connectivity index (χ3v) is 4.40. The summed E-state index contributed by atoms with van der Waals surface area (Å²) in [6, 6.07) is 8.64. The molecule has 1 aliphatic heterocycles. The lowest BCUT2D eigenvalue weighted by Gasteiger charge is -2.24. The first-order valence-corrected chi connectivity index (χ1v) is 7.56. The van der Waals surface area contributed by atoms with Crippen LogP contribution in [0.3, 0.4) is 0 Å². The zero-order chi connectivity index (χ0) is 13.7. The van der Waals surface area contributed by atoms with Gasteiger partial charge in [0.05, 0.1) is 6.61 Å². The van der Waals surface area contributed by atoms with Crippen molar-refractivity contribution in [2.24, 2.45) is 5.92 Å². The third kappa shape index (κ3) is 3.97. The number of hydrogen-bond acceptors (Lipinski definition) is 2. The van der Waals surface area contributed by atoms with Crippen molar-refractivity contribution >= 4 is 0 Å². The molecule has 1 heterocycles. The summed E-state index contributed by atoms with van der Waals surface area (Å²) in [5.41, 5.74) is 1.65. The van der Waals surface area contributed by atoms with Crippen LogP contribution in [0.15, 0.2) is 24.3 Å². The van der Waals surface area contributed by atoms with Crippen molar-refractivity contribution in [2.45, 2.75) is 45.4 Å². The Morgan fingerprint density at radius 1 is 1.26 bits per heavy atom. The first-order chi connectivity index (χ1) is 9.12. The second kappa shape index (κ2) is 6.42. The zero-order valence-electron chi connectivity index (χ0n) is 12.5. The molecule has 0 amide bonds. The largest absolute Gasteiger partial charge is 0.493 e. The van der Waals surface area contributed by atoms with Crippen LogP contribution in [0.5, 0.6) is 5.75 Å². The maximum atomic E-state index is 5.91. The number of benzene rings is 1. The summed E-state index contributed by atoms with van der Waals surface area (Å²) in [4.78, 5) is 0. The van der Waals surface area contributed by atoms with Crippen molar-refractivity contribution in [3.8, 4) is 5.75 Å². The lowest BCUT2D eigenvalue weighted by molar-refractivity contribution is 0.218. The Bertz CT molecular complexity index is 377. The fourth-order valence-electron chi connectivity index (χ4n) is 2.49. The lowest BCUT2D eigenvalue weighted by Crippen LogP contribution is -2.33. The quantitative estimate of drug-likeness (QED) is 0.871. The first-order valence-electron chi connectivity index (χ1n) is 7.56. The number of hydrogen-bond donors (Lipinski definition) is 1. The number of ether oxygens (including phenoxy) is 1. The van der Waals surface area contributed by atoms with Gasteiger partial charge in [0.1, 0.15) is 5.75 Å². The molecule has 1 N–H and O–H groups in total. The molecule has 0 saturated carbocycles. The van der Waals surface area contributed by atoms with Crippen LogP contribution in [-0.2, 0) is 5.41 Å². The zero-order valence-corrected chi connectivity index (χ0v) is 12.5. The van der Waals surface area contributed by atoms with Gasteiger partial charge in [-0.1, -0.05) is 32.9 Å². The molecule has 19 heavy (non-hydrogen) atoms. The van der Waals surface area contributed by atoms with Gasteiger partial charge in [0, 0.05) is 12.5 Å². The minimum atomic E-state index is 0.256. The molecule has 0 spiro atoms. The Morgan fingerprint density at radius 3 is 2.58 bits per heavy atom. The number of rotatable bonds is 5. The SMILES string of the molecule is CCC(C)(C)c1ccc(OC[C@@H]2CCCNC2)cc1. The highest BCUT2D eigenvalue weighted by atomic mass is 16.5. The van der Waals surface area contributed by atoms with Crippen molar-refractivity contribution < 1.29 is 4.74 Å². The maximum Gasteiger partial charge on any atom is 0.119 e. The van der Waals surface area contributed by atoms with Gasteiger partial charge in [0.15, 0.2) is 0 Å².